The van der Waals surface area contributed by atoms with Crippen molar-refractivity contribution in [2.24, 2.45) is 5.73 Å². The van der Waals surface area contributed by atoms with Crippen molar-refractivity contribution in [3.8, 4) is 5.75 Å². The fourth-order valence-corrected chi connectivity index (χ4v) is 2.45. The molecule has 0 unspecified atom stereocenters. The molecule has 0 radical (unpaired) electrons. The maximum absolute atomic E-state index is 12.4. The summed E-state index contributed by atoms with van der Waals surface area (Å²) in [6, 6.07) is 6.78. The van der Waals surface area contributed by atoms with Crippen LogP contribution in [0.1, 0.15) is 17.3 Å². The van der Waals surface area contributed by atoms with Gasteiger partial charge in [0.2, 0.25) is 0 Å². The third-order valence-corrected chi connectivity index (χ3v) is 3.51. The molecule has 0 bridgehead atoms. The van der Waals surface area contributed by atoms with E-state index in [0.717, 1.165) is 32.8 Å². The van der Waals surface area contributed by atoms with Crippen LogP contribution < -0.4 is 15.8 Å². The molecule has 126 valence electrons. The molecule has 1 atom stereocenters. The fraction of sp³-hybridized carbons (Fsp3) is 0.500. The molecule has 1 aromatic carbocycles. The summed E-state index contributed by atoms with van der Waals surface area (Å²) >= 11 is 0. The van der Waals surface area contributed by atoms with Crippen molar-refractivity contribution in [3.05, 3.63) is 29.8 Å². The number of hydrogen-bond donors (Lipinski definition) is 2. The summed E-state index contributed by atoms with van der Waals surface area (Å²) in [7, 11) is 0. The lowest BCUT2D eigenvalue weighted by Gasteiger charge is -2.29. The molecular weight excluding hydrogens is 298 g/mol. The largest absolute Gasteiger partial charge is 0.483 e. The summed E-state index contributed by atoms with van der Waals surface area (Å²) in [5.74, 6) is -0.464. The molecule has 1 aliphatic rings. The van der Waals surface area contributed by atoms with Crippen LogP contribution in [-0.2, 0) is 9.53 Å². The molecule has 3 N–H and O–H groups in total. The highest BCUT2D eigenvalue weighted by atomic mass is 16.5. The third kappa shape index (κ3) is 5.54. The van der Waals surface area contributed by atoms with Gasteiger partial charge in [0.1, 0.15) is 5.75 Å². The quantitative estimate of drug-likeness (QED) is 0.737. The second-order valence-electron chi connectivity index (χ2n) is 5.54. The lowest BCUT2D eigenvalue weighted by molar-refractivity contribution is -0.119. The number of nitrogens with two attached hydrogens (primary N) is 1. The van der Waals surface area contributed by atoms with Gasteiger partial charge in [0.25, 0.3) is 11.8 Å². The molecule has 7 heteroatoms. The third-order valence-electron chi connectivity index (χ3n) is 3.51. The standard InChI is InChI=1S/C16H23N3O4/c1-12(10-19-6-8-22-9-7-19)18-16(21)13-4-2-3-5-14(13)23-11-15(17)20/h2-5,12H,6-11H2,1H3,(H2,17,20)(H,18,21)/t12-/m0/s1. The Morgan fingerprint density at radius 3 is 2.74 bits per heavy atom. The van der Waals surface area contributed by atoms with E-state index in [1.54, 1.807) is 24.3 Å². The zero-order valence-corrected chi connectivity index (χ0v) is 13.3. The van der Waals surface area contributed by atoms with Crippen LogP contribution in [0.4, 0.5) is 0 Å². The molecular formula is C16H23N3O4. The van der Waals surface area contributed by atoms with Gasteiger partial charge in [-0.2, -0.15) is 0 Å². The minimum Gasteiger partial charge on any atom is -0.483 e. The van der Waals surface area contributed by atoms with Gasteiger partial charge in [-0.1, -0.05) is 12.1 Å². The minimum atomic E-state index is -0.583. The first-order valence-electron chi connectivity index (χ1n) is 7.67. The highest BCUT2D eigenvalue weighted by molar-refractivity contribution is 5.97. The van der Waals surface area contributed by atoms with Crippen LogP contribution in [-0.4, -0.2) is 62.2 Å². The fourth-order valence-electron chi connectivity index (χ4n) is 2.45. The molecule has 0 spiro atoms. The van der Waals surface area contributed by atoms with Gasteiger partial charge in [0.15, 0.2) is 6.61 Å². The summed E-state index contributed by atoms with van der Waals surface area (Å²) < 4.78 is 10.6. The van der Waals surface area contributed by atoms with Crippen LogP contribution >= 0.6 is 0 Å². The highest BCUT2D eigenvalue weighted by Gasteiger charge is 2.18. The summed E-state index contributed by atoms with van der Waals surface area (Å²) in [5, 5.41) is 2.95. The van der Waals surface area contributed by atoms with Crippen molar-refractivity contribution in [2.75, 3.05) is 39.5 Å². The molecule has 1 saturated heterocycles. The SMILES string of the molecule is C[C@@H](CN1CCOCC1)NC(=O)c1ccccc1OCC(N)=O. The first-order chi connectivity index (χ1) is 11.1. The number of carbonyl (C=O) groups excluding carboxylic acids is 2. The molecule has 1 fully saturated rings. The predicted octanol–water partition coefficient (Wildman–Crippen LogP) is 0.00120. The lowest BCUT2D eigenvalue weighted by atomic mass is 10.1. The van der Waals surface area contributed by atoms with E-state index in [9.17, 15) is 9.59 Å². The highest BCUT2D eigenvalue weighted by Crippen LogP contribution is 2.18. The van der Waals surface area contributed by atoms with Crippen molar-refractivity contribution in [2.45, 2.75) is 13.0 Å². The predicted molar refractivity (Wildman–Crippen MR) is 85.3 cm³/mol. The average molecular weight is 321 g/mol. The van der Waals surface area contributed by atoms with Crippen molar-refractivity contribution < 1.29 is 19.1 Å². The number of rotatable bonds is 7. The number of morpholine rings is 1. The van der Waals surface area contributed by atoms with E-state index < -0.39 is 5.91 Å². The Morgan fingerprint density at radius 2 is 2.04 bits per heavy atom. The van der Waals surface area contributed by atoms with Gasteiger partial charge < -0.3 is 20.5 Å². The van der Waals surface area contributed by atoms with E-state index in [4.69, 9.17) is 15.2 Å². The van der Waals surface area contributed by atoms with Crippen LogP contribution in [0.3, 0.4) is 0 Å². The van der Waals surface area contributed by atoms with Gasteiger partial charge >= 0.3 is 0 Å². The molecule has 1 heterocycles. The number of nitrogens with one attached hydrogen (secondary N) is 1. The maximum Gasteiger partial charge on any atom is 0.255 e. The van der Waals surface area contributed by atoms with Gasteiger partial charge in [-0.25, -0.2) is 0 Å². The summed E-state index contributed by atoms with van der Waals surface area (Å²) in [5.41, 5.74) is 5.46. The van der Waals surface area contributed by atoms with E-state index in [2.05, 4.69) is 10.2 Å². The van der Waals surface area contributed by atoms with Crippen LogP contribution in [0.25, 0.3) is 0 Å². The van der Waals surface area contributed by atoms with Gasteiger partial charge in [-0.05, 0) is 19.1 Å². The van der Waals surface area contributed by atoms with E-state index in [1.165, 1.54) is 0 Å². The molecule has 0 aromatic heterocycles. The summed E-state index contributed by atoms with van der Waals surface area (Å²) in [6.45, 7) is 5.67. The molecule has 0 aliphatic carbocycles. The van der Waals surface area contributed by atoms with Crippen molar-refractivity contribution in [1.82, 2.24) is 10.2 Å². The Hall–Kier alpha value is -2.12. The number of para-hydroxylation sites is 1. The van der Waals surface area contributed by atoms with Crippen LogP contribution in [0, 0.1) is 0 Å². The van der Waals surface area contributed by atoms with Crippen LogP contribution in [0.2, 0.25) is 0 Å². The number of amides is 2. The molecule has 0 saturated carbocycles. The lowest BCUT2D eigenvalue weighted by Crippen LogP contribution is -2.46. The normalized spacial score (nSPS) is 16.6. The molecule has 1 aliphatic heterocycles. The Kier molecular flexibility index (Phi) is 6.37. The number of primary amides is 1. The van der Waals surface area contributed by atoms with Gasteiger partial charge in [-0.15, -0.1) is 0 Å². The number of nitrogens with zero attached hydrogens (tertiary/aromatic N) is 1. The second-order valence-corrected chi connectivity index (χ2v) is 5.54. The monoisotopic (exact) mass is 321 g/mol. The molecule has 7 nitrogen and oxygen atoms in total. The first kappa shape index (κ1) is 17.2. The smallest absolute Gasteiger partial charge is 0.255 e. The maximum atomic E-state index is 12.4. The average Bonchev–Trinajstić information content (AvgIpc) is 2.54. The molecule has 1 aromatic rings. The van der Waals surface area contributed by atoms with E-state index in [-0.39, 0.29) is 18.6 Å². The van der Waals surface area contributed by atoms with Crippen LogP contribution in [0.15, 0.2) is 24.3 Å². The van der Waals surface area contributed by atoms with E-state index in [0.29, 0.717) is 11.3 Å². The molecule has 2 amide bonds. The number of carbonyl (C=O) groups is 2. The van der Waals surface area contributed by atoms with Crippen molar-refractivity contribution in [1.29, 1.82) is 0 Å². The van der Waals surface area contributed by atoms with Crippen molar-refractivity contribution >= 4 is 11.8 Å². The Bertz CT molecular complexity index is 544. The van der Waals surface area contributed by atoms with Gasteiger partial charge in [-0.3, -0.25) is 14.5 Å². The number of ether oxygens (including phenoxy) is 2. The van der Waals surface area contributed by atoms with Gasteiger partial charge in [0.05, 0.1) is 18.8 Å². The second kappa shape index (κ2) is 8.50. The summed E-state index contributed by atoms with van der Waals surface area (Å²) in [4.78, 5) is 25.5. The van der Waals surface area contributed by atoms with Crippen LogP contribution in [0.5, 0.6) is 5.75 Å². The van der Waals surface area contributed by atoms with E-state index >= 15 is 0 Å². The minimum absolute atomic E-state index is 0.00945. The number of benzene rings is 1. The molecule has 2 rings (SSSR count). The Balaban J connectivity index is 1.92. The topological polar surface area (TPSA) is 93.9 Å². The Morgan fingerprint density at radius 1 is 1.35 bits per heavy atom. The summed E-state index contributed by atoms with van der Waals surface area (Å²) in [6.07, 6.45) is 0. The zero-order valence-electron chi connectivity index (χ0n) is 13.3. The van der Waals surface area contributed by atoms with E-state index in [1.807, 2.05) is 6.92 Å². The molecule has 23 heavy (non-hydrogen) atoms. The Labute approximate surface area is 135 Å². The number of hydrogen-bond acceptors (Lipinski definition) is 5. The van der Waals surface area contributed by atoms with Crippen molar-refractivity contribution in [3.63, 3.8) is 0 Å². The zero-order chi connectivity index (χ0) is 16.7. The van der Waals surface area contributed by atoms with Gasteiger partial charge in [0, 0.05) is 25.7 Å². The first-order valence-corrected chi connectivity index (χ1v) is 7.67.